The second kappa shape index (κ2) is 6.97. The molecule has 2 aromatic carbocycles. The molecule has 0 aliphatic carbocycles. The second-order valence-electron chi connectivity index (χ2n) is 5.86. The van der Waals surface area contributed by atoms with Crippen LogP contribution in [0.15, 0.2) is 51.8 Å². The van der Waals surface area contributed by atoms with Crippen LogP contribution in [0.4, 0.5) is 6.01 Å². The fourth-order valence-electron chi connectivity index (χ4n) is 2.57. The molecule has 1 aliphatic rings. The maximum atomic E-state index is 12.3. The Morgan fingerprint density at radius 1 is 1.07 bits per heavy atom. The van der Waals surface area contributed by atoms with E-state index in [1.54, 1.807) is 37.3 Å². The Morgan fingerprint density at radius 2 is 1.82 bits per heavy atom. The van der Waals surface area contributed by atoms with Crippen molar-refractivity contribution < 1.29 is 27.1 Å². The lowest BCUT2D eigenvalue weighted by Gasteiger charge is -2.02. The van der Waals surface area contributed by atoms with Crippen molar-refractivity contribution in [2.75, 3.05) is 17.9 Å². The van der Waals surface area contributed by atoms with Crippen molar-refractivity contribution in [2.24, 2.45) is 0 Å². The van der Waals surface area contributed by atoms with E-state index < -0.39 is 15.7 Å². The summed E-state index contributed by atoms with van der Waals surface area (Å²) in [5, 5.41) is 10.2. The number of benzene rings is 2. The van der Waals surface area contributed by atoms with Gasteiger partial charge in [-0.1, -0.05) is 12.0 Å². The van der Waals surface area contributed by atoms with E-state index >= 15 is 0 Å². The summed E-state index contributed by atoms with van der Waals surface area (Å²) in [7, 11) is -3.29. The van der Waals surface area contributed by atoms with Gasteiger partial charge in [-0.15, -0.1) is 5.10 Å². The zero-order valence-electron chi connectivity index (χ0n) is 14.7. The van der Waals surface area contributed by atoms with Crippen molar-refractivity contribution in [1.29, 1.82) is 0 Å². The van der Waals surface area contributed by atoms with E-state index in [1.807, 2.05) is 0 Å². The summed E-state index contributed by atoms with van der Waals surface area (Å²) in [5.41, 5.74) is 0.879. The third-order valence-electron chi connectivity index (χ3n) is 4.12. The van der Waals surface area contributed by atoms with Gasteiger partial charge in [0.25, 0.3) is 5.91 Å². The summed E-state index contributed by atoms with van der Waals surface area (Å²) < 4.78 is 39.6. The molecule has 1 aromatic heterocycles. The van der Waals surface area contributed by atoms with Gasteiger partial charge in [-0.2, -0.15) is 0 Å². The summed E-state index contributed by atoms with van der Waals surface area (Å²) in [5.74, 6) is 0.786. The first-order chi connectivity index (χ1) is 13.5. The molecule has 144 valence electrons. The molecule has 0 bridgehead atoms. The number of carbonyl (C=O) groups excluding carboxylic acids is 1. The number of anilines is 1. The van der Waals surface area contributed by atoms with Gasteiger partial charge in [-0.05, 0) is 42.5 Å². The maximum absolute atomic E-state index is 12.3. The minimum absolute atomic E-state index is 0.0168. The molecule has 28 heavy (non-hydrogen) atoms. The smallest absolute Gasteiger partial charge is 0.322 e. The van der Waals surface area contributed by atoms with E-state index in [1.165, 1.54) is 12.1 Å². The van der Waals surface area contributed by atoms with Crippen LogP contribution < -0.4 is 14.8 Å². The Bertz CT molecular complexity index is 1140. The van der Waals surface area contributed by atoms with Crippen molar-refractivity contribution >= 4 is 21.8 Å². The van der Waals surface area contributed by atoms with Crippen molar-refractivity contribution in [3.8, 4) is 23.0 Å². The SMILES string of the molecule is CCS(=O)(=O)c1ccc(-c2nnc(NC(=O)c3ccc4c(c3)OCO4)o2)cc1. The predicted molar refractivity (Wildman–Crippen MR) is 98.0 cm³/mol. The first-order valence-electron chi connectivity index (χ1n) is 8.34. The standard InChI is InChI=1S/C18H15N3O6S/c1-2-28(23,24)13-6-3-11(4-7-13)17-20-21-18(27-17)19-16(22)12-5-8-14-15(9-12)26-10-25-14/h3-9H,2,10H2,1H3,(H,19,21,22). The molecule has 10 heteroatoms. The quantitative estimate of drug-likeness (QED) is 0.692. The van der Waals surface area contributed by atoms with Gasteiger partial charge < -0.3 is 13.9 Å². The highest BCUT2D eigenvalue weighted by molar-refractivity contribution is 7.91. The molecule has 0 fully saturated rings. The fourth-order valence-corrected chi connectivity index (χ4v) is 3.45. The highest BCUT2D eigenvalue weighted by atomic mass is 32.2. The Kier molecular flexibility index (Phi) is 4.47. The fraction of sp³-hybridized carbons (Fsp3) is 0.167. The number of ether oxygens (including phenoxy) is 2. The summed E-state index contributed by atoms with van der Waals surface area (Å²) in [6.45, 7) is 1.70. The Labute approximate surface area is 160 Å². The lowest BCUT2D eigenvalue weighted by atomic mass is 10.2. The molecular formula is C18H15N3O6S. The van der Waals surface area contributed by atoms with E-state index in [2.05, 4.69) is 15.5 Å². The van der Waals surface area contributed by atoms with Crippen LogP contribution in [0.1, 0.15) is 17.3 Å². The third kappa shape index (κ3) is 3.41. The number of hydrogen-bond acceptors (Lipinski definition) is 8. The van der Waals surface area contributed by atoms with Crippen molar-refractivity contribution in [3.63, 3.8) is 0 Å². The van der Waals surface area contributed by atoms with Gasteiger partial charge in [0, 0.05) is 11.1 Å². The average molecular weight is 401 g/mol. The van der Waals surface area contributed by atoms with Crippen LogP contribution >= 0.6 is 0 Å². The van der Waals surface area contributed by atoms with Gasteiger partial charge in [-0.3, -0.25) is 10.1 Å². The monoisotopic (exact) mass is 401 g/mol. The van der Waals surface area contributed by atoms with Crippen LogP contribution in [0.5, 0.6) is 11.5 Å². The lowest BCUT2D eigenvalue weighted by molar-refractivity contribution is 0.102. The van der Waals surface area contributed by atoms with Crippen LogP contribution in [0.25, 0.3) is 11.5 Å². The minimum Gasteiger partial charge on any atom is -0.454 e. The van der Waals surface area contributed by atoms with E-state index in [-0.39, 0.29) is 29.3 Å². The van der Waals surface area contributed by atoms with Gasteiger partial charge >= 0.3 is 6.01 Å². The molecule has 2 heterocycles. The molecule has 9 nitrogen and oxygen atoms in total. The van der Waals surface area contributed by atoms with E-state index in [0.29, 0.717) is 22.6 Å². The van der Waals surface area contributed by atoms with Crippen LogP contribution in [0.2, 0.25) is 0 Å². The van der Waals surface area contributed by atoms with Crippen LogP contribution in [0.3, 0.4) is 0 Å². The van der Waals surface area contributed by atoms with Gasteiger partial charge in [0.1, 0.15) is 0 Å². The summed E-state index contributed by atoms with van der Waals surface area (Å²) in [6, 6.07) is 10.8. The number of aromatic nitrogens is 2. The highest BCUT2D eigenvalue weighted by Gasteiger charge is 2.18. The number of fused-ring (bicyclic) bond motifs is 1. The lowest BCUT2D eigenvalue weighted by Crippen LogP contribution is -2.12. The molecule has 0 unspecified atom stereocenters. The Morgan fingerprint density at radius 3 is 2.57 bits per heavy atom. The zero-order chi connectivity index (χ0) is 19.7. The normalized spacial score (nSPS) is 12.8. The van der Waals surface area contributed by atoms with Gasteiger partial charge in [-0.25, -0.2) is 8.42 Å². The third-order valence-corrected chi connectivity index (χ3v) is 5.87. The van der Waals surface area contributed by atoms with E-state index in [0.717, 1.165) is 0 Å². The molecule has 3 aromatic rings. The van der Waals surface area contributed by atoms with Gasteiger partial charge in [0.05, 0.1) is 10.6 Å². The van der Waals surface area contributed by atoms with Gasteiger partial charge in [0.15, 0.2) is 21.3 Å². The molecule has 0 radical (unpaired) electrons. The molecule has 0 atom stereocenters. The first-order valence-corrected chi connectivity index (χ1v) is 9.99. The molecule has 0 saturated heterocycles. The van der Waals surface area contributed by atoms with E-state index in [4.69, 9.17) is 13.9 Å². The van der Waals surface area contributed by atoms with E-state index in [9.17, 15) is 13.2 Å². The molecule has 1 N–H and O–H groups in total. The number of carbonyl (C=O) groups is 1. The maximum Gasteiger partial charge on any atom is 0.322 e. The molecule has 4 rings (SSSR count). The summed E-state index contributed by atoms with van der Waals surface area (Å²) in [4.78, 5) is 12.6. The Hall–Kier alpha value is -3.40. The number of sulfone groups is 1. The van der Waals surface area contributed by atoms with Crippen molar-refractivity contribution in [2.45, 2.75) is 11.8 Å². The Balaban J connectivity index is 1.49. The summed E-state index contributed by atoms with van der Waals surface area (Å²) in [6.07, 6.45) is 0. The first kappa shape index (κ1) is 18.0. The van der Waals surface area contributed by atoms with Gasteiger partial charge in [0.2, 0.25) is 12.7 Å². The van der Waals surface area contributed by atoms with Crippen LogP contribution in [-0.2, 0) is 9.84 Å². The molecule has 0 saturated carbocycles. The average Bonchev–Trinajstić information content (AvgIpc) is 3.36. The zero-order valence-corrected chi connectivity index (χ0v) is 15.5. The second-order valence-corrected chi connectivity index (χ2v) is 8.14. The topological polar surface area (TPSA) is 121 Å². The number of nitrogens with zero attached hydrogens (tertiary/aromatic N) is 2. The largest absolute Gasteiger partial charge is 0.454 e. The van der Waals surface area contributed by atoms with Crippen LogP contribution in [-0.4, -0.2) is 37.1 Å². The highest BCUT2D eigenvalue weighted by Crippen LogP contribution is 2.32. The molecule has 1 amide bonds. The predicted octanol–water partition coefficient (Wildman–Crippen LogP) is 2.51. The minimum atomic E-state index is -3.29. The summed E-state index contributed by atoms with van der Waals surface area (Å²) >= 11 is 0. The number of amides is 1. The van der Waals surface area contributed by atoms with Crippen LogP contribution in [0, 0.1) is 0 Å². The van der Waals surface area contributed by atoms with Crippen molar-refractivity contribution in [3.05, 3.63) is 48.0 Å². The number of rotatable bonds is 5. The number of hydrogen-bond donors (Lipinski definition) is 1. The molecule has 1 aliphatic heterocycles. The molecular weight excluding hydrogens is 386 g/mol. The molecule has 0 spiro atoms. The number of nitrogens with one attached hydrogen (secondary N) is 1. The van der Waals surface area contributed by atoms with Crippen molar-refractivity contribution in [1.82, 2.24) is 10.2 Å².